The molecule has 0 aliphatic carbocycles. The van der Waals surface area contributed by atoms with Gasteiger partial charge in [0.15, 0.2) is 0 Å². The predicted octanol–water partition coefficient (Wildman–Crippen LogP) is 8.46. The molecule has 3 aromatic rings. The van der Waals surface area contributed by atoms with Gasteiger partial charge in [-0.25, -0.2) is 19.6 Å². The van der Waals surface area contributed by atoms with Crippen LogP contribution in [-0.2, 0) is 15.9 Å². The summed E-state index contributed by atoms with van der Waals surface area (Å²) in [6.07, 6.45) is 3.22. The van der Waals surface area contributed by atoms with Crippen molar-refractivity contribution in [3.05, 3.63) is 63.5 Å². The SMILES string of the molecule is COc1cc(OC)c(Cl)c(N(COCC[Si](C)(C)C)C(=O)N(C)c2cc(Cc3ccc(C4CCN(C(=O)OC(C)(C)C)CC4)cc3N)ncn2)c1Cl. The summed E-state index contributed by atoms with van der Waals surface area (Å²) in [5, 5.41) is 0.277. The molecular formula is C37H52Cl2N6O6Si. The third-order valence-corrected chi connectivity index (χ3v) is 11.2. The number of halogens is 2. The molecule has 1 aliphatic rings. The minimum absolute atomic E-state index is 0.121. The number of rotatable bonds is 12. The largest absolute Gasteiger partial charge is 0.495 e. The highest BCUT2D eigenvalue weighted by Gasteiger charge is 2.31. The standard InChI is InChI=1S/C37H52Cl2N6O6Si/c1-37(2,3)51-36(47)44-14-12-24(13-15-44)25-10-11-26(28(40)19-25)18-27-20-31(42-22-41-27)43(4)35(46)45(23-50-16-17-52(7,8)9)34-32(38)29(48-5)21-30(49-6)33(34)39/h10-11,19-22,24H,12-18,23,40H2,1-9H3. The number of amides is 3. The maximum absolute atomic E-state index is 14.2. The number of urea groups is 1. The number of anilines is 3. The highest BCUT2D eigenvalue weighted by Crippen LogP contribution is 2.46. The molecule has 0 saturated carbocycles. The maximum Gasteiger partial charge on any atom is 0.410 e. The van der Waals surface area contributed by atoms with Crippen LogP contribution in [0.3, 0.4) is 0 Å². The monoisotopic (exact) mass is 774 g/mol. The lowest BCUT2D eigenvalue weighted by Crippen LogP contribution is -2.43. The smallest absolute Gasteiger partial charge is 0.410 e. The van der Waals surface area contributed by atoms with Gasteiger partial charge in [-0.15, -0.1) is 0 Å². The zero-order valence-corrected chi connectivity index (χ0v) is 34.2. The van der Waals surface area contributed by atoms with E-state index in [1.54, 1.807) is 24.1 Å². The fourth-order valence-corrected chi connectivity index (χ4v) is 7.21. The zero-order valence-electron chi connectivity index (χ0n) is 31.7. The summed E-state index contributed by atoms with van der Waals surface area (Å²) in [4.78, 5) is 40.2. The van der Waals surface area contributed by atoms with Gasteiger partial charge < -0.3 is 29.6 Å². The second-order valence-corrected chi connectivity index (χ2v) is 21.5. The second kappa shape index (κ2) is 17.4. The molecule has 1 aromatic heterocycles. The molecule has 0 bridgehead atoms. The molecule has 284 valence electrons. The number of ether oxygens (including phenoxy) is 4. The summed E-state index contributed by atoms with van der Waals surface area (Å²) in [6.45, 7) is 14.0. The van der Waals surface area contributed by atoms with Gasteiger partial charge in [-0.2, -0.15) is 0 Å². The highest BCUT2D eigenvalue weighted by molar-refractivity contribution is 6.76. The van der Waals surface area contributed by atoms with Gasteiger partial charge in [0.25, 0.3) is 0 Å². The molecule has 4 rings (SSSR count). The Morgan fingerprint density at radius 2 is 1.63 bits per heavy atom. The van der Waals surface area contributed by atoms with Crippen LogP contribution in [-0.4, -0.2) is 88.4 Å². The molecule has 12 nitrogen and oxygen atoms in total. The van der Waals surface area contributed by atoms with Crippen LogP contribution in [0.4, 0.5) is 26.8 Å². The minimum Gasteiger partial charge on any atom is -0.495 e. The first-order chi connectivity index (χ1) is 24.4. The second-order valence-electron chi connectivity index (χ2n) is 15.1. The Morgan fingerprint density at radius 3 is 2.19 bits per heavy atom. The molecule has 3 amide bonds. The van der Waals surface area contributed by atoms with E-state index in [9.17, 15) is 9.59 Å². The number of nitrogens with two attached hydrogens (primary N) is 1. The molecule has 2 aromatic carbocycles. The average Bonchev–Trinajstić information content (AvgIpc) is 3.08. The molecule has 15 heteroatoms. The van der Waals surface area contributed by atoms with Gasteiger partial charge in [0.2, 0.25) is 0 Å². The predicted molar refractivity (Wildman–Crippen MR) is 210 cm³/mol. The Balaban J connectivity index is 1.51. The molecule has 1 aliphatic heterocycles. The molecule has 1 fully saturated rings. The van der Waals surface area contributed by atoms with Crippen LogP contribution in [0.5, 0.6) is 11.5 Å². The first kappa shape index (κ1) is 41.0. The first-order valence-corrected chi connectivity index (χ1v) is 21.8. The minimum atomic E-state index is -1.40. The van der Waals surface area contributed by atoms with Crippen molar-refractivity contribution in [3.63, 3.8) is 0 Å². The zero-order chi connectivity index (χ0) is 38.4. The third-order valence-electron chi connectivity index (χ3n) is 8.77. The number of hydrogen-bond acceptors (Lipinski definition) is 9. The van der Waals surface area contributed by atoms with Crippen molar-refractivity contribution in [2.45, 2.75) is 77.2 Å². The van der Waals surface area contributed by atoms with Gasteiger partial charge in [-0.1, -0.05) is 55.0 Å². The first-order valence-electron chi connectivity index (χ1n) is 17.3. The number of methoxy groups -OCH3 is 2. The number of carbonyl (C=O) groups is 2. The number of piperidine rings is 1. The van der Waals surface area contributed by atoms with Crippen molar-refractivity contribution in [1.29, 1.82) is 0 Å². The van der Waals surface area contributed by atoms with Crippen molar-refractivity contribution < 1.29 is 28.5 Å². The van der Waals surface area contributed by atoms with E-state index < -0.39 is 19.7 Å². The highest BCUT2D eigenvalue weighted by atomic mass is 35.5. The Hall–Kier alpha value is -3.78. The summed E-state index contributed by atoms with van der Waals surface area (Å²) in [7, 11) is 3.15. The van der Waals surface area contributed by atoms with Gasteiger partial charge >= 0.3 is 12.1 Å². The fourth-order valence-electron chi connectivity index (χ4n) is 5.75. The number of nitrogens with zero attached hydrogens (tertiary/aromatic N) is 5. The van der Waals surface area contributed by atoms with Crippen molar-refractivity contribution in [2.75, 3.05) is 63.2 Å². The number of hydrogen-bond donors (Lipinski definition) is 1. The number of aromatic nitrogens is 2. The quantitative estimate of drug-likeness (QED) is 0.0833. The summed E-state index contributed by atoms with van der Waals surface area (Å²) in [6, 6.07) is 9.85. The molecule has 0 radical (unpaired) electrons. The number of likely N-dealkylation sites (tertiary alicyclic amines) is 1. The summed E-state index contributed by atoms with van der Waals surface area (Å²) >= 11 is 13.5. The van der Waals surface area contributed by atoms with Crippen molar-refractivity contribution in [1.82, 2.24) is 14.9 Å². The van der Waals surface area contributed by atoms with E-state index >= 15 is 0 Å². The average molecular weight is 776 g/mol. The van der Waals surface area contributed by atoms with E-state index in [-0.39, 0.29) is 34.5 Å². The Bertz CT molecular complexity index is 1700. The molecule has 0 spiro atoms. The molecule has 2 heterocycles. The van der Waals surface area contributed by atoms with Gasteiger partial charge in [0.1, 0.15) is 46.0 Å². The molecule has 1 saturated heterocycles. The Labute approximate surface area is 318 Å². The summed E-state index contributed by atoms with van der Waals surface area (Å²) in [5.41, 5.74) is 9.60. The fraction of sp³-hybridized carbons (Fsp3) is 0.514. The van der Waals surface area contributed by atoms with E-state index in [1.165, 1.54) is 30.3 Å². The lowest BCUT2D eigenvalue weighted by molar-refractivity contribution is 0.0204. The molecular weight excluding hydrogens is 723 g/mol. The maximum atomic E-state index is 14.2. The topological polar surface area (TPSA) is 133 Å². The van der Waals surface area contributed by atoms with E-state index in [0.717, 1.165) is 30.0 Å². The van der Waals surface area contributed by atoms with Crippen LogP contribution in [0, 0.1) is 0 Å². The molecule has 0 unspecified atom stereocenters. The normalized spacial score (nSPS) is 13.9. The number of carbonyl (C=O) groups excluding carboxylic acids is 2. The van der Waals surface area contributed by atoms with E-state index in [1.807, 2.05) is 32.9 Å². The van der Waals surface area contributed by atoms with E-state index in [0.29, 0.717) is 54.8 Å². The third kappa shape index (κ3) is 10.6. The van der Waals surface area contributed by atoms with Crippen LogP contribution in [0.15, 0.2) is 36.7 Å². The van der Waals surface area contributed by atoms with Gasteiger partial charge in [0, 0.05) is 59.1 Å². The lowest BCUT2D eigenvalue weighted by Gasteiger charge is -2.33. The van der Waals surface area contributed by atoms with Gasteiger partial charge in [-0.3, -0.25) is 9.80 Å². The molecule has 52 heavy (non-hydrogen) atoms. The van der Waals surface area contributed by atoms with Crippen molar-refractivity contribution in [2.24, 2.45) is 0 Å². The van der Waals surface area contributed by atoms with E-state index in [2.05, 4.69) is 35.7 Å². The van der Waals surface area contributed by atoms with Gasteiger partial charge in [-0.05, 0) is 62.8 Å². The van der Waals surface area contributed by atoms with E-state index in [4.69, 9.17) is 47.9 Å². The summed E-state index contributed by atoms with van der Waals surface area (Å²) < 4.78 is 22.5. The molecule has 2 N–H and O–H groups in total. The molecule has 0 atom stereocenters. The van der Waals surface area contributed by atoms with Crippen LogP contribution in [0.2, 0.25) is 35.7 Å². The lowest BCUT2D eigenvalue weighted by atomic mass is 9.88. The summed E-state index contributed by atoms with van der Waals surface area (Å²) in [5.74, 6) is 1.23. The Kier molecular flexibility index (Phi) is 13.7. The van der Waals surface area contributed by atoms with Crippen LogP contribution >= 0.6 is 23.2 Å². The Morgan fingerprint density at radius 1 is 1.00 bits per heavy atom. The van der Waals surface area contributed by atoms with Crippen molar-refractivity contribution >= 4 is 60.6 Å². The van der Waals surface area contributed by atoms with Crippen LogP contribution in [0.1, 0.15) is 56.4 Å². The van der Waals surface area contributed by atoms with Crippen LogP contribution < -0.4 is 25.0 Å². The van der Waals surface area contributed by atoms with Crippen LogP contribution in [0.25, 0.3) is 0 Å². The number of benzene rings is 2. The van der Waals surface area contributed by atoms with Crippen molar-refractivity contribution in [3.8, 4) is 11.5 Å². The van der Waals surface area contributed by atoms with Gasteiger partial charge in [0.05, 0.1) is 25.6 Å². The number of nitrogen functional groups attached to an aromatic ring is 1.